The van der Waals surface area contributed by atoms with Crippen LogP contribution >= 0.6 is 27.3 Å². The average molecular weight is 421 g/mol. The molecule has 0 aliphatic rings. The van der Waals surface area contributed by atoms with E-state index in [0.717, 1.165) is 4.70 Å². The minimum absolute atomic E-state index is 0.282. The summed E-state index contributed by atoms with van der Waals surface area (Å²) in [6.07, 6.45) is 0. The third kappa shape index (κ3) is 3.64. The van der Waals surface area contributed by atoms with Gasteiger partial charge in [-0.05, 0) is 52.3 Å². The van der Waals surface area contributed by atoms with E-state index in [1.54, 1.807) is 43.5 Å². The molecule has 1 heterocycles. The van der Waals surface area contributed by atoms with Crippen molar-refractivity contribution in [3.05, 3.63) is 52.0 Å². The van der Waals surface area contributed by atoms with Crippen LogP contribution in [-0.2, 0) is 4.74 Å². The van der Waals surface area contributed by atoms with Crippen molar-refractivity contribution < 1.29 is 19.1 Å². The van der Waals surface area contributed by atoms with Crippen molar-refractivity contribution in [2.75, 3.05) is 19.5 Å². The number of esters is 1. The molecule has 6 nitrogen and oxygen atoms in total. The third-order valence-electron chi connectivity index (χ3n) is 3.44. The number of hydrogen-bond acceptors (Lipinski definition) is 6. The molecule has 1 aromatic heterocycles. The Labute approximate surface area is 155 Å². The number of ether oxygens (including phenoxy) is 2. The molecule has 1 amide bonds. The van der Waals surface area contributed by atoms with E-state index in [0.29, 0.717) is 32.0 Å². The van der Waals surface area contributed by atoms with Gasteiger partial charge in [0.1, 0.15) is 5.75 Å². The summed E-state index contributed by atoms with van der Waals surface area (Å²) in [6.45, 7) is 0. The minimum Gasteiger partial charge on any atom is -0.496 e. The highest BCUT2D eigenvalue weighted by atomic mass is 79.9. The molecule has 0 unspecified atom stereocenters. The van der Waals surface area contributed by atoms with Gasteiger partial charge >= 0.3 is 5.97 Å². The number of carbonyl (C=O) groups excluding carboxylic acids is 2. The second-order valence-corrected chi connectivity index (χ2v) is 6.88. The number of nitrogens with one attached hydrogen (secondary N) is 1. The van der Waals surface area contributed by atoms with Gasteiger partial charge in [-0.15, -0.1) is 0 Å². The molecule has 128 valence electrons. The van der Waals surface area contributed by atoms with Gasteiger partial charge < -0.3 is 9.47 Å². The number of thiazole rings is 1. The summed E-state index contributed by atoms with van der Waals surface area (Å²) in [5, 5.41) is 3.22. The summed E-state index contributed by atoms with van der Waals surface area (Å²) in [7, 11) is 2.89. The monoisotopic (exact) mass is 420 g/mol. The van der Waals surface area contributed by atoms with Crippen LogP contribution in [0.15, 0.2) is 40.9 Å². The molecule has 0 fully saturated rings. The maximum Gasteiger partial charge on any atom is 0.337 e. The van der Waals surface area contributed by atoms with E-state index in [1.165, 1.54) is 18.4 Å². The minimum atomic E-state index is -0.413. The number of halogens is 1. The Hall–Kier alpha value is -2.45. The quantitative estimate of drug-likeness (QED) is 0.642. The number of rotatable bonds is 4. The zero-order valence-electron chi connectivity index (χ0n) is 13.3. The van der Waals surface area contributed by atoms with Gasteiger partial charge in [-0.1, -0.05) is 11.3 Å². The van der Waals surface area contributed by atoms with Crippen LogP contribution in [0.25, 0.3) is 10.2 Å². The molecule has 8 heteroatoms. The van der Waals surface area contributed by atoms with Crippen LogP contribution in [0.3, 0.4) is 0 Å². The predicted octanol–water partition coefficient (Wildman–Crippen LogP) is 4.11. The second-order valence-electron chi connectivity index (χ2n) is 5.00. The number of benzene rings is 2. The highest BCUT2D eigenvalue weighted by Gasteiger charge is 2.13. The van der Waals surface area contributed by atoms with E-state index in [4.69, 9.17) is 9.47 Å². The van der Waals surface area contributed by atoms with E-state index < -0.39 is 5.97 Å². The fourth-order valence-electron chi connectivity index (χ4n) is 2.20. The standard InChI is InChI=1S/C17H13BrN2O4S/c1-23-13-6-4-9(7-11(13)18)15(21)20-17-19-12-5-3-10(16(22)24-2)8-14(12)25-17/h3-8H,1-2H3,(H,19,20,21). The Morgan fingerprint density at radius 2 is 1.88 bits per heavy atom. The van der Waals surface area contributed by atoms with Crippen molar-refractivity contribution in [3.63, 3.8) is 0 Å². The maximum atomic E-state index is 12.4. The lowest BCUT2D eigenvalue weighted by atomic mass is 10.2. The lowest BCUT2D eigenvalue weighted by Gasteiger charge is -2.05. The second kappa shape index (κ2) is 7.20. The fraction of sp³-hybridized carbons (Fsp3) is 0.118. The van der Waals surface area contributed by atoms with Crippen molar-refractivity contribution in [2.24, 2.45) is 0 Å². The van der Waals surface area contributed by atoms with Gasteiger partial charge in [-0.25, -0.2) is 9.78 Å². The van der Waals surface area contributed by atoms with Gasteiger partial charge in [0, 0.05) is 5.56 Å². The number of amides is 1. The summed E-state index contributed by atoms with van der Waals surface area (Å²) in [4.78, 5) is 28.3. The smallest absolute Gasteiger partial charge is 0.337 e. The fourth-order valence-corrected chi connectivity index (χ4v) is 3.64. The Morgan fingerprint density at radius 1 is 1.12 bits per heavy atom. The van der Waals surface area contributed by atoms with E-state index >= 15 is 0 Å². The van der Waals surface area contributed by atoms with Crippen LogP contribution < -0.4 is 10.1 Å². The maximum absolute atomic E-state index is 12.4. The summed E-state index contributed by atoms with van der Waals surface area (Å²) in [6, 6.07) is 10.1. The summed E-state index contributed by atoms with van der Waals surface area (Å²) in [5.41, 5.74) is 1.61. The molecule has 0 aliphatic carbocycles. The first-order valence-corrected chi connectivity index (χ1v) is 8.76. The first-order valence-electron chi connectivity index (χ1n) is 7.15. The van der Waals surface area contributed by atoms with Crippen molar-refractivity contribution >= 4 is 54.5 Å². The molecule has 3 aromatic rings. The molecule has 3 rings (SSSR count). The van der Waals surface area contributed by atoms with E-state index in [-0.39, 0.29) is 5.91 Å². The number of fused-ring (bicyclic) bond motifs is 1. The SMILES string of the molecule is COC(=O)c1ccc2nc(NC(=O)c3ccc(OC)c(Br)c3)sc2c1. The van der Waals surface area contributed by atoms with Crippen LogP contribution in [-0.4, -0.2) is 31.1 Å². The number of hydrogen-bond donors (Lipinski definition) is 1. The average Bonchev–Trinajstić information content (AvgIpc) is 3.02. The van der Waals surface area contributed by atoms with E-state index in [9.17, 15) is 9.59 Å². The van der Waals surface area contributed by atoms with Gasteiger partial charge in [-0.3, -0.25) is 10.1 Å². The van der Waals surface area contributed by atoms with Crippen molar-refractivity contribution in [1.29, 1.82) is 0 Å². The van der Waals surface area contributed by atoms with Crippen LogP contribution in [0.4, 0.5) is 5.13 Å². The summed E-state index contributed by atoms with van der Waals surface area (Å²) in [5.74, 6) is -0.0496. The van der Waals surface area contributed by atoms with Gasteiger partial charge in [0.2, 0.25) is 0 Å². The van der Waals surface area contributed by atoms with Gasteiger partial charge in [0.15, 0.2) is 5.13 Å². The number of carbonyl (C=O) groups is 2. The Bertz CT molecular complexity index is 970. The zero-order valence-corrected chi connectivity index (χ0v) is 15.7. The van der Waals surface area contributed by atoms with E-state index in [2.05, 4.69) is 26.2 Å². The number of anilines is 1. The molecular formula is C17H13BrN2O4S. The van der Waals surface area contributed by atoms with Crippen LogP contribution in [0.5, 0.6) is 5.75 Å². The topological polar surface area (TPSA) is 77.5 Å². The van der Waals surface area contributed by atoms with Crippen molar-refractivity contribution in [2.45, 2.75) is 0 Å². The van der Waals surface area contributed by atoms with Crippen LogP contribution in [0.2, 0.25) is 0 Å². The van der Waals surface area contributed by atoms with Crippen molar-refractivity contribution in [3.8, 4) is 5.75 Å². The summed E-state index contributed by atoms with van der Waals surface area (Å²) >= 11 is 4.64. The predicted molar refractivity (Wildman–Crippen MR) is 99.6 cm³/mol. The Kier molecular flexibility index (Phi) is 5.00. The molecule has 0 saturated carbocycles. The molecule has 0 spiro atoms. The lowest BCUT2D eigenvalue weighted by Crippen LogP contribution is -2.11. The van der Waals surface area contributed by atoms with Crippen LogP contribution in [0, 0.1) is 0 Å². The molecule has 0 aliphatic heterocycles. The molecule has 0 atom stereocenters. The highest BCUT2D eigenvalue weighted by Crippen LogP contribution is 2.29. The molecular weight excluding hydrogens is 408 g/mol. The van der Waals surface area contributed by atoms with Gasteiger partial charge in [0.25, 0.3) is 5.91 Å². The molecule has 0 radical (unpaired) electrons. The molecule has 0 saturated heterocycles. The van der Waals surface area contributed by atoms with Gasteiger partial charge in [-0.2, -0.15) is 0 Å². The lowest BCUT2D eigenvalue weighted by molar-refractivity contribution is 0.0601. The largest absolute Gasteiger partial charge is 0.496 e. The number of methoxy groups -OCH3 is 2. The molecule has 2 aromatic carbocycles. The third-order valence-corrected chi connectivity index (χ3v) is 5.00. The first kappa shape index (κ1) is 17.4. The van der Waals surface area contributed by atoms with Gasteiger partial charge in [0.05, 0.1) is 34.5 Å². The zero-order chi connectivity index (χ0) is 18.0. The Morgan fingerprint density at radius 3 is 2.56 bits per heavy atom. The molecule has 1 N–H and O–H groups in total. The number of nitrogens with zero attached hydrogens (tertiary/aromatic N) is 1. The normalized spacial score (nSPS) is 10.5. The molecule has 25 heavy (non-hydrogen) atoms. The summed E-state index contributed by atoms with van der Waals surface area (Å²) < 4.78 is 11.3. The molecule has 0 bridgehead atoms. The van der Waals surface area contributed by atoms with E-state index in [1.807, 2.05) is 0 Å². The Balaban J connectivity index is 1.83. The van der Waals surface area contributed by atoms with Crippen molar-refractivity contribution in [1.82, 2.24) is 4.98 Å². The van der Waals surface area contributed by atoms with Crippen LogP contribution in [0.1, 0.15) is 20.7 Å². The first-order chi connectivity index (χ1) is 12.0. The highest BCUT2D eigenvalue weighted by molar-refractivity contribution is 9.10. The number of aromatic nitrogens is 1.